The summed E-state index contributed by atoms with van der Waals surface area (Å²) < 4.78 is 10.3. The first-order chi connectivity index (χ1) is 5.92. The van der Waals surface area contributed by atoms with Crippen molar-refractivity contribution in [3.8, 4) is 0 Å². The molecule has 0 atom stereocenters. The molecule has 6 nitrogen and oxygen atoms in total. The Morgan fingerprint density at radius 3 is 2.54 bits per heavy atom. The van der Waals surface area contributed by atoms with Gasteiger partial charge in [-0.2, -0.15) is 0 Å². The molecule has 0 heterocycles. The Morgan fingerprint density at radius 2 is 2.08 bits per heavy atom. The van der Waals surface area contributed by atoms with E-state index in [1.807, 2.05) is 0 Å². The van der Waals surface area contributed by atoms with Crippen LogP contribution >= 0.6 is 7.60 Å². The van der Waals surface area contributed by atoms with Crippen LogP contribution in [0, 0.1) is 0 Å². The largest absolute Gasteiger partial charge is 0.480 e. The molecule has 0 aliphatic rings. The smallest absolute Gasteiger partial charge is 0.348 e. The van der Waals surface area contributed by atoms with E-state index in [-0.39, 0.29) is 6.54 Å². The van der Waals surface area contributed by atoms with Gasteiger partial charge in [-0.1, -0.05) is 6.08 Å². The third-order valence-corrected chi connectivity index (χ3v) is 1.66. The maximum Gasteiger partial charge on any atom is 0.348 e. The summed E-state index contributed by atoms with van der Waals surface area (Å²) in [6.07, 6.45) is 1.70. The van der Waals surface area contributed by atoms with E-state index < -0.39 is 13.6 Å². The van der Waals surface area contributed by atoms with Gasteiger partial charge < -0.3 is 20.2 Å². The van der Waals surface area contributed by atoms with Crippen molar-refractivity contribution in [2.24, 2.45) is 0 Å². The molecule has 76 valence electrons. The second-order valence-corrected chi connectivity index (χ2v) is 3.81. The Bertz CT molecular complexity index is 233. The fraction of sp³-hybridized carbons (Fsp3) is 0.500. The summed E-state index contributed by atoms with van der Waals surface area (Å²) in [4.78, 5) is 26.7. The summed E-state index contributed by atoms with van der Waals surface area (Å²) in [5.74, 6) is -0.158. The third kappa shape index (κ3) is 11.3. The summed E-state index contributed by atoms with van der Waals surface area (Å²) in [6, 6.07) is 0. The summed E-state index contributed by atoms with van der Waals surface area (Å²) in [6.45, 7) is 0.229. The topological polar surface area (TPSA) is 107 Å². The Morgan fingerprint density at radius 1 is 1.46 bits per heavy atom. The molecule has 0 aliphatic heterocycles. The minimum Gasteiger partial charge on any atom is -0.480 e. The van der Waals surface area contributed by atoms with Gasteiger partial charge in [-0.15, -0.1) is 0 Å². The van der Waals surface area contributed by atoms with Gasteiger partial charge in [0, 0.05) is 5.82 Å². The maximum atomic E-state index is 10.3. The normalized spacial score (nSPS) is 12.2. The van der Waals surface area contributed by atoms with Gasteiger partial charge in [0.25, 0.3) is 0 Å². The molecule has 0 bridgehead atoms. The summed E-state index contributed by atoms with van der Waals surface area (Å²) in [5, 5.41) is 10.8. The zero-order valence-electron chi connectivity index (χ0n) is 6.88. The van der Waals surface area contributed by atoms with Gasteiger partial charge in [-0.05, 0) is 13.0 Å². The number of carboxylic acid groups (broad SMARTS) is 1. The number of nitrogens with one attached hydrogen (secondary N) is 1. The van der Waals surface area contributed by atoms with Crippen molar-refractivity contribution < 1.29 is 24.3 Å². The van der Waals surface area contributed by atoms with E-state index in [0.29, 0.717) is 13.0 Å². The number of carboxylic acids is 1. The van der Waals surface area contributed by atoms with E-state index in [1.165, 1.54) is 6.08 Å². The SMILES string of the molecule is O=C(O)CNCC/C=C\P(=O)(O)O. The summed E-state index contributed by atoms with van der Waals surface area (Å²) >= 11 is 0. The van der Waals surface area contributed by atoms with E-state index >= 15 is 0 Å². The minimum atomic E-state index is -4.06. The molecular weight excluding hydrogens is 197 g/mol. The molecule has 0 aromatic carbocycles. The van der Waals surface area contributed by atoms with Crippen LogP contribution in [-0.4, -0.2) is 34.0 Å². The molecule has 7 heteroatoms. The van der Waals surface area contributed by atoms with Gasteiger partial charge in [0.2, 0.25) is 0 Å². The van der Waals surface area contributed by atoms with Crippen molar-refractivity contribution in [3.05, 3.63) is 11.9 Å². The van der Waals surface area contributed by atoms with Crippen LogP contribution in [0.25, 0.3) is 0 Å². The van der Waals surface area contributed by atoms with Crippen molar-refractivity contribution in [1.82, 2.24) is 5.32 Å². The predicted octanol–water partition coefficient (Wildman–Crippen LogP) is -0.258. The standard InChI is InChI=1S/C6H12NO5P/c8-6(9)5-7-3-1-2-4-13(10,11)12/h2,4,7H,1,3,5H2,(H,8,9)(H2,10,11,12)/b4-2-. The summed E-state index contributed by atoms with van der Waals surface area (Å²) in [7, 11) is -4.06. The van der Waals surface area contributed by atoms with Gasteiger partial charge >= 0.3 is 13.6 Å². The van der Waals surface area contributed by atoms with Crippen LogP contribution in [0.5, 0.6) is 0 Å². The average Bonchev–Trinajstić information content (AvgIpc) is 1.93. The van der Waals surface area contributed by atoms with Crippen LogP contribution in [0.3, 0.4) is 0 Å². The first-order valence-corrected chi connectivity index (χ1v) is 5.25. The zero-order chi connectivity index (χ0) is 10.3. The molecule has 0 aliphatic carbocycles. The molecule has 0 aromatic heterocycles. The van der Waals surface area contributed by atoms with Crippen LogP contribution in [-0.2, 0) is 9.36 Å². The van der Waals surface area contributed by atoms with Crippen molar-refractivity contribution in [1.29, 1.82) is 0 Å². The highest BCUT2D eigenvalue weighted by atomic mass is 31.2. The van der Waals surface area contributed by atoms with E-state index in [2.05, 4.69) is 5.32 Å². The van der Waals surface area contributed by atoms with Crippen molar-refractivity contribution in [2.75, 3.05) is 13.1 Å². The molecule has 0 unspecified atom stereocenters. The van der Waals surface area contributed by atoms with Crippen molar-refractivity contribution >= 4 is 13.6 Å². The lowest BCUT2D eigenvalue weighted by Crippen LogP contribution is -2.22. The third-order valence-electron chi connectivity index (χ3n) is 1.06. The number of hydrogen-bond donors (Lipinski definition) is 4. The lowest BCUT2D eigenvalue weighted by molar-refractivity contribution is -0.135. The van der Waals surface area contributed by atoms with Crippen molar-refractivity contribution in [3.63, 3.8) is 0 Å². The second-order valence-electron chi connectivity index (χ2n) is 2.33. The molecule has 0 spiro atoms. The van der Waals surface area contributed by atoms with E-state index in [9.17, 15) is 9.36 Å². The van der Waals surface area contributed by atoms with Gasteiger partial charge in [-0.25, -0.2) is 0 Å². The molecule has 0 amide bonds. The number of aliphatic carboxylic acids is 1. The van der Waals surface area contributed by atoms with Crippen molar-refractivity contribution in [2.45, 2.75) is 6.42 Å². The molecule has 13 heavy (non-hydrogen) atoms. The van der Waals surface area contributed by atoms with Crippen LogP contribution < -0.4 is 5.32 Å². The molecule has 0 fully saturated rings. The zero-order valence-corrected chi connectivity index (χ0v) is 7.78. The average molecular weight is 209 g/mol. The molecule has 0 rings (SSSR count). The lowest BCUT2D eigenvalue weighted by atomic mass is 10.4. The monoisotopic (exact) mass is 209 g/mol. The van der Waals surface area contributed by atoms with E-state index in [4.69, 9.17) is 14.9 Å². The fourth-order valence-corrected chi connectivity index (χ4v) is 1.02. The van der Waals surface area contributed by atoms with Gasteiger partial charge in [0.15, 0.2) is 0 Å². The molecule has 4 N–H and O–H groups in total. The Kier molecular flexibility index (Phi) is 5.57. The van der Waals surface area contributed by atoms with Gasteiger partial charge in [-0.3, -0.25) is 9.36 Å². The van der Waals surface area contributed by atoms with Crippen LogP contribution in [0.4, 0.5) is 0 Å². The first kappa shape index (κ1) is 12.3. The quantitative estimate of drug-likeness (QED) is 0.354. The molecular formula is C6H12NO5P. The number of carbonyl (C=O) groups is 1. The lowest BCUT2D eigenvalue weighted by Gasteiger charge is -1.97. The summed E-state index contributed by atoms with van der Waals surface area (Å²) in [5.41, 5.74) is 0. The van der Waals surface area contributed by atoms with Gasteiger partial charge in [0.1, 0.15) is 0 Å². The highest BCUT2D eigenvalue weighted by molar-refractivity contribution is 7.55. The first-order valence-electron chi connectivity index (χ1n) is 3.57. The number of rotatable bonds is 6. The predicted molar refractivity (Wildman–Crippen MR) is 46.3 cm³/mol. The maximum absolute atomic E-state index is 10.3. The molecule has 0 aromatic rings. The fourth-order valence-electron chi connectivity index (χ4n) is 0.593. The Balaban J connectivity index is 3.41. The second kappa shape index (κ2) is 5.88. The van der Waals surface area contributed by atoms with Gasteiger partial charge in [0.05, 0.1) is 6.54 Å². The molecule has 0 saturated carbocycles. The molecule has 0 saturated heterocycles. The van der Waals surface area contributed by atoms with Crippen LogP contribution in [0.1, 0.15) is 6.42 Å². The highest BCUT2D eigenvalue weighted by Gasteiger charge is 2.04. The Labute approximate surface area is 75.4 Å². The minimum absolute atomic E-state index is 0.149. The highest BCUT2D eigenvalue weighted by Crippen LogP contribution is 2.35. The van der Waals surface area contributed by atoms with E-state index in [0.717, 1.165) is 5.82 Å². The Hall–Kier alpha value is -0.680. The van der Waals surface area contributed by atoms with Crippen LogP contribution in [0.15, 0.2) is 11.9 Å². The number of hydrogen-bond acceptors (Lipinski definition) is 3. The van der Waals surface area contributed by atoms with Crippen LogP contribution in [0.2, 0.25) is 0 Å². The molecule has 0 radical (unpaired) electrons. The van der Waals surface area contributed by atoms with E-state index in [1.54, 1.807) is 0 Å².